The van der Waals surface area contributed by atoms with Crippen molar-refractivity contribution in [3.8, 4) is 0 Å². The number of anilines is 2. The average molecular weight is 434 g/mol. The summed E-state index contributed by atoms with van der Waals surface area (Å²) in [6, 6.07) is 16.4. The van der Waals surface area contributed by atoms with Crippen LogP contribution in [0.5, 0.6) is 0 Å². The minimum absolute atomic E-state index is 0.0108. The van der Waals surface area contributed by atoms with Crippen molar-refractivity contribution >= 4 is 23.1 Å². The van der Waals surface area contributed by atoms with E-state index >= 15 is 0 Å². The fourth-order valence-electron chi connectivity index (χ4n) is 3.05. The van der Waals surface area contributed by atoms with Crippen molar-refractivity contribution in [1.29, 1.82) is 0 Å². The van der Waals surface area contributed by atoms with Crippen LogP contribution in [0, 0.1) is 6.92 Å². The zero-order valence-electron chi connectivity index (χ0n) is 19.8. The van der Waals surface area contributed by atoms with E-state index in [0.29, 0.717) is 12.2 Å². The fraction of sp³-hybridized carbons (Fsp3) is 0.308. The van der Waals surface area contributed by atoms with Crippen LogP contribution < -0.4 is 21.7 Å². The monoisotopic (exact) mass is 433 g/mol. The Kier molecular flexibility index (Phi) is 9.54. The number of nitrogens with two attached hydrogens (primary N) is 1. The Morgan fingerprint density at radius 2 is 1.53 bits per heavy atom. The van der Waals surface area contributed by atoms with Gasteiger partial charge in [-0.1, -0.05) is 35.4 Å². The van der Waals surface area contributed by atoms with Crippen molar-refractivity contribution in [3.63, 3.8) is 0 Å². The topological polar surface area (TPSA) is 91.5 Å². The van der Waals surface area contributed by atoms with Gasteiger partial charge in [0.05, 0.1) is 17.6 Å². The molecule has 0 saturated carbocycles. The molecule has 1 amide bonds. The van der Waals surface area contributed by atoms with Crippen LogP contribution >= 0.6 is 0 Å². The van der Waals surface area contributed by atoms with Crippen LogP contribution in [0.1, 0.15) is 45.2 Å². The van der Waals surface area contributed by atoms with Crippen LogP contribution in [-0.2, 0) is 11.2 Å². The van der Waals surface area contributed by atoms with Crippen molar-refractivity contribution in [2.75, 3.05) is 17.2 Å². The number of nitrogens with one attached hydrogen (secondary N) is 3. The summed E-state index contributed by atoms with van der Waals surface area (Å²) in [5.74, 6) is 0.756. The van der Waals surface area contributed by atoms with E-state index in [0.717, 1.165) is 41.3 Å². The van der Waals surface area contributed by atoms with E-state index in [9.17, 15) is 4.79 Å². The normalized spacial score (nSPS) is 11.7. The first-order chi connectivity index (χ1) is 15.2. The van der Waals surface area contributed by atoms with Gasteiger partial charge in [0.15, 0.2) is 0 Å². The van der Waals surface area contributed by atoms with Gasteiger partial charge in [-0.25, -0.2) is 4.99 Å². The van der Waals surface area contributed by atoms with Gasteiger partial charge in [-0.05, 0) is 70.4 Å². The van der Waals surface area contributed by atoms with E-state index in [2.05, 4.69) is 52.1 Å². The van der Waals surface area contributed by atoms with Gasteiger partial charge in [-0.15, -0.1) is 0 Å². The molecule has 0 heterocycles. The number of amides is 1. The van der Waals surface area contributed by atoms with Gasteiger partial charge < -0.3 is 21.7 Å². The number of amidine groups is 1. The largest absolute Gasteiger partial charge is 0.396 e. The van der Waals surface area contributed by atoms with Crippen LogP contribution in [-0.4, -0.2) is 18.3 Å². The molecule has 0 saturated heterocycles. The SMILES string of the molecule is CC(=O)NCCCc1ccc(NC(C)=N/C=C(/N)C(Nc2ccc(C)cc2)=C(C)C)cc1. The lowest BCUT2D eigenvalue weighted by atomic mass is 10.1. The summed E-state index contributed by atoms with van der Waals surface area (Å²) in [5, 5.41) is 9.49. The molecular weight excluding hydrogens is 398 g/mol. The Labute approximate surface area is 191 Å². The number of carbonyl (C=O) groups is 1. The summed E-state index contributed by atoms with van der Waals surface area (Å²) >= 11 is 0. The summed E-state index contributed by atoms with van der Waals surface area (Å²) in [5.41, 5.74) is 13.2. The zero-order chi connectivity index (χ0) is 23.5. The van der Waals surface area contributed by atoms with Crippen LogP contribution in [0.25, 0.3) is 0 Å². The summed E-state index contributed by atoms with van der Waals surface area (Å²) in [6.07, 6.45) is 3.51. The number of benzene rings is 2. The Balaban J connectivity index is 1.96. The number of hydrogen-bond acceptors (Lipinski definition) is 4. The van der Waals surface area contributed by atoms with Crippen LogP contribution in [0.3, 0.4) is 0 Å². The first-order valence-corrected chi connectivity index (χ1v) is 10.9. The number of hydrogen-bond donors (Lipinski definition) is 4. The molecule has 0 fully saturated rings. The smallest absolute Gasteiger partial charge is 0.216 e. The van der Waals surface area contributed by atoms with Crippen molar-refractivity contribution in [3.05, 3.63) is 82.8 Å². The van der Waals surface area contributed by atoms with E-state index in [1.165, 1.54) is 18.1 Å². The van der Waals surface area contributed by atoms with E-state index < -0.39 is 0 Å². The number of rotatable bonds is 9. The number of aryl methyl sites for hydroxylation is 2. The maximum atomic E-state index is 10.9. The number of carbonyl (C=O) groups excluding carboxylic acids is 1. The highest BCUT2D eigenvalue weighted by atomic mass is 16.1. The Hall–Kier alpha value is -3.54. The van der Waals surface area contributed by atoms with Gasteiger partial charge in [-0.3, -0.25) is 4.79 Å². The van der Waals surface area contributed by atoms with Crippen LogP contribution in [0.4, 0.5) is 11.4 Å². The molecule has 2 rings (SSSR count). The van der Waals surface area contributed by atoms with Gasteiger partial charge in [0.2, 0.25) is 5.91 Å². The maximum absolute atomic E-state index is 10.9. The average Bonchev–Trinajstić information content (AvgIpc) is 2.75. The Morgan fingerprint density at radius 1 is 0.938 bits per heavy atom. The molecule has 0 aliphatic heterocycles. The molecule has 0 aromatic heterocycles. The van der Waals surface area contributed by atoms with Crippen molar-refractivity contribution < 1.29 is 4.79 Å². The third-order valence-electron chi connectivity index (χ3n) is 4.80. The molecular formula is C26H35N5O. The predicted molar refractivity (Wildman–Crippen MR) is 136 cm³/mol. The van der Waals surface area contributed by atoms with Gasteiger partial charge in [0.25, 0.3) is 0 Å². The van der Waals surface area contributed by atoms with Gasteiger partial charge in [0.1, 0.15) is 5.84 Å². The van der Waals surface area contributed by atoms with E-state index in [1.54, 1.807) is 6.20 Å². The summed E-state index contributed by atoms with van der Waals surface area (Å²) < 4.78 is 0. The summed E-state index contributed by atoms with van der Waals surface area (Å²) in [7, 11) is 0. The molecule has 32 heavy (non-hydrogen) atoms. The predicted octanol–water partition coefficient (Wildman–Crippen LogP) is 5.10. The Bertz CT molecular complexity index is 982. The first kappa shape index (κ1) is 24.7. The molecule has 5 N–H and O–H groups in total. The Morgan fingerprint density at radius 3 is 2.12 bits per heavy atom. The fourth-order valence-corrected chi connectivity index (χ4v) is 3.05. The highest BCUT2D eigenvalue weighted by Gasteiger charge is 2.05. The molecule has 2 aromatic rings. The minimum atomic E-state index is 0.0108. The van der Waals surface area contributed by atoms with Crippen LogP contribution in [0.2, 0.25) is 0 Å². The van der Waals surface area contributed by atoms with Crippen molar-refractivity contribution in [2.45, 2.75) is 47.5 Å². The summed E-state index contributed by atoms with van der Waals surface area (Å²) in [6.45, 7) is 10.2. The van der Waals surface area contributed by atoms with Crippen LogP contribution in [0.15, 0.2) is 76.7 Å². The van der Waals surface area contributed by atoms with Crippen molar-refractivity contribution in [1.82, 2.24) is 5.32 Å². The lowest BCUT2D eigenvalue weighted by Crippen LogP contribution is -2.21. The van der Waals surface area contributed by atoms with Crippen molar-refractivity contribution in [2.24, 2.45) is 10.7 Å². The number of allylic oxidation sites excluding steroid dienone is 1. The van der Waals surface area contributed by atoms with Gasteiger partial charge in [-0.2, -0.15) is 0 Å². The lowest BCUT2D eigenvalue weighted by molar-refractivity contribution is -0.118. The standard InChI is InChI=1S/C26H35N5O/c1-18(2)26(31-24-12-8-19(3)9-13-24)25(27)17-29-20(4)30-23-14-10-22(11-15-23)7-6-16-28-21(5)32/h8-15,17,31H,6-7,16,27H2,1-5H3,(H,28,32)(H,29,30)/b25-17+. The third kappa shape index (κ3) is 8.68. The lowest BCUT2D eigenvalue weighted by Gasteiger charge is -2.14. The highest BCUT2D eigenvalue weighted by molar-refractivity contribution is 5.93. The van der Waals surface area contributed by atoms with Gasteiger partial charge in [0, 0.05) is 24.8 Å². The molecule has 2 aromatic carbocycles. The van der Waals surface area contributed by atoms with E-state index in [4.69, 9.17) is 5.73 Å². The quantitative estimate of drug-likeness (QED) is 0.192. The zero-order valence-corrected chi connectivity index (χ0v) is 19.8. The second-order valence-corrected chi connectivity index (χ2v) is 8.07. The molecule has 0 bridgehead atoms. The molecule has 6 nitrogen and oxygen atoms in total. The van der Waals surface area contributed by atoms with Gasteiger partial charge >= 0.3 is 0 Å². The van der Waals surface area contributed by atoms with E-state index in [1.807, 2.05) is 45.0 Å². The highest BCUT2D eigenvalue weighted by Crippen LogP contribution is 2.17. The van der Waals surface area contributed by atoms with E-state index in [-0.39, 0.29) is 5.91 Å². The second kappa shape index (κ2) is 12.3. The molecule has 0 unspecified atom stereocenters. The maximum Gasteiger partial charge on any atom is 0.216 e. The molecule has 0 aliphatic rings. The molecule has 0 atom stereocenters. The molecule has 170 valence electrons. The number of nitrogens with zero attached hydrogens (tertiary/aromatic N) is 1. The first-order valence-electron chi connectivity index (χ1n) is 10.9. The summed E-state index contributed by atoms with van der Waals surface area (Å²) in [4.78, 5) is 15.4. The molecule has 0 spiro atoms. The molecule has 0 radical (unpaired) electrons. The third-order valence-corrected chi connectivity index (χ3v) is 4.80. The second-order valence-electron chi connectivity index (χ2n) is 8.07. The molecule has 6 heteroatoms. The number of aliphatic imine (C=N–C) groups is 1. The molecule has 0 aliphatic carbocycles. The minimum Gasteiger partial charge on any atom is -0.396 e.